The molecule has 3 aromatic rings. The van der Waals surface area contributed by atoms with Crippen molar-refractivity contribution in [2.24, 2.45) is 0 Å². The molecule has 4 rings (SSSR count). The van der Waals surface area contributed by atoms with Gasteiger partial charge in [0, 0.05) is 35.6 Å². The Balaban J connectivity index is 1.54. The van der Waals surface area contributed by atoms with Gasteiger partial charge < -0.3 is 14.8 Å². The Morgan fingerprint density at radius 3 is 2.54 bits per heavy atom. The van der Waals surface area contributed by atoms with E-state index in [0.29, 0.717) is 11.3 Å². The highest BCUT2D eigenvalue weighted by molar-refractivity contribution is 5.99. The zero-order valence-electron chi connectivity index (χ0n) is 16.4. The lowest BCUT2D eigenvalue weighted by Crippen LogP contribution is -2.28. The molecule has 1 aliphatic rings. The number of benzene rings is 2. The summed E-state index contributed by atoms with van der Waals surface area (Å²) in [7, 11) is 0. The standard InChI is InChI=1S/C23H25N3O2/c1-16-14-18-8-3-4-11-21(18)26(16)15-22(27)24-20-10-7-9-19(17(20)2)23(28)25-12-5-6-13-25/h3-4,7-11,14H,5-6,12-13,15H2,1-2H3,(H,24,27). The summed E-state index contributed by atoms with van der Waals surface area (Å²) in [5.74, 6) is -0.0447. The van der Waals surface area contributed by atoms with E-state index < -0.39 is 0 Å². The molecular formula is C23H25N3O2. The molecule has 1 fully saturated rings. The van der Waals surface area contributed by atoms with E-state index in [-0.39, 0.29) is 18.4 Å². The summed E-state index contributed by atoms with van der Waals surface area (Å²) in [5.41, 5.74) is 4.28. The van der Waals surface area contributed by atoms with Crippen LogP contribution in [0.1, 0.15) is 34.5 Å². The minimum Gasteiger partial charge on any atom is -0.339 e. The normalized spacial score (nSPS) is 13.9. The van der Waals surface area contributed by atoms with Crippen LogP contribution in [0.5, 0.6) is 0 Å². The lowest BCUT2D eigenvalue weighted by Gasteiger charge is -2.18. The van der Waals surface area contributed by atoms with Crippen LogP contribution < -0.4 is 5.32 Å². The van der Waals surface area contributed by atoms with Crippen molar-refractivity contribution < 1.29 is 9.59 Å². The fraction of sp³-hybridized carbons (Fsp3) is 0.304. The van der Waals surface area contributed by atoms with E-state index in [1.54, 1.807) is 0 Å². The van der Waals surface area contributed by atoms with Gasteiger partial charge in [0.05, 0.1) is 0 Å². The van der Waals surface area contributed by atoms with Gasteiger partial charge in [0.25, 0.3) is 5.91 Å². The number of aryl methyl sites for hydroxylation is 1. The predicted molar refractivity (Wildman–Crippen MR) is 112 cm³/mol. The van der Waals surface area contributed by atoms with Crippen molar-refractivity contribution in [3.63, 3.8) is 0 Å². The van der Waals surface area contributed by atoms with E-state index in [9.17, 15) is 9.59 Å². The van der Waals surface area contributed by atoms with Crippen molar-refractivity contribution in [2.45, 2.75) is 33.2 Å². The first kappa shape index (κ1) is 18.3. The van der Waals surface area contributed by atoms with E-state index in [2.05, 4.69) is 11.4 Å². The fourth-order valence-corrected chi connectivity index (χ4v) is 3.98. The van der Waals surface area contributed by atoms with Crippen LogP contribution in [0.4, 0.5) is 5.69 Å². The van der Waals surface area contributed by atoms with Crippen molar-refractivity contribution in [3.05, 3.63) is 65.4 Å². The zero-order valence-corrected chi connectivity index (χ0v) is 16.4. The van der Waals surface area contributed by atoms with Crippen molar-refractivity contribution in [2.75, 3.05) is 18.4 Å². The van der Waals surface area contributed by atoms with Crippen LogP contribution in [0.15, 0.2) is 48.5 Å². The molecular weight excluding hydrogens is 350 g/mol. The molecule has 0 radical (unpaired) electrons. The third-order valence-electron chi connectivity index (χ3n) is 5.55. The van der Waals surface area contributed by atoms with E-state index >= 15 is 0 Å². The number of rotatable bonds is 4. The van der Waals surface area contributed by atoms with Crippen LogP contribution in [-0.2, 0) is 11.3 Å². The maximum absolute atomic E-state index is 12.8. The monoisotopic (exact) mass is 375 g/mol. The molecule has 2 amide bonds. The number of anilines is 1. The number of likely N-dealkylation sites (tertiary alicyclic amines) is 1. The second-order valence-electron chi connectivity index (χ2n) is 7.46. The molecule has 0 saturated carbocycles. The Morgan fingerprint density at radius 2 is 1.75 bits per heavy atom. The minimum absolute atomic E-state index is 0.0540. The average molecular weight is 375 g/mol. The molecule has 5 heteroatoms. The second-order valence-corrected chi connectivity index (χ2v) is 7.46. The summed E-state index contributed by atoms with van der Waals surface area (Å²) in [6.45, 7) is 5.77. The summed E-state index contributed by atoms with van der Waals surface area (Å²) >= 11 is 0. The largest absolute Gasteiger partial charge is 0.339 e. The number of nitrogens with zero attached hydrogens (tertiary/aromatic N) is 2. The summed E-state index contributed by atoms with van der Waals surface area (Å²) < 4.78 is 2.01. The predicted octanol–water partition coefficient (Wildman–Crippen LogP) is 4.13. The SMILES string of the molecule is Cc1c(NC(=O)Cn2c(C)cc3ccccc32)cccc1C(=O)N1CCCC1. The zero-order chi connectivity index (χ0) is 19.7. The number of carbonyl (C=O) groups excluding carboxylic acids is 2. The Labute approximate surface area is 165 Å². The highest BCUT2D eigenvalue weighted by atomic mass is 16.2. The van der Waals surface area contributed by atoms with Crippen molar-refractivity contribution in [3.8, 4) is 0 Å². The highest BCUT2D eigenvalue weighted by Crippen LogP contribution is 2.23. The van der Waals surface area contributed by atoms with Gasteiger partial charge in [-0.05, 0) is 61.9 Å². The molecule has 0 aliphatic carbocycles. The molecule has 144 valence electrons. The van der Waals surface area contributed by atoms with Crippen molar-refractivity contribution in [1.29, 1.82) is 0 Å². The first-order valence-corrected chi connectivity index (χ1v) is 9.78. The Bertz CT molecular complexity index is 1050. The maximum atomic E-state index is 12.8. The number of hydrogen-bond acceptors (Lipinski definition) is 2. The number of para-hydroxylation sites is 1. The Kier molecular flexibility index (Phi) is 4.90. The van der Waals surface area contributed by atoms with E-state index in [0.717, 1.165) is 48.1 Å². The molecule has 0 unspecified atom stereocenters. The van der Waals surface area contributed by atoms with E-state index in [1.165, 1.54) is 0 Å². The van der Waals surface area contributed by atoms with E-state index in [1.807, 2.05) is 65.8 Å². The van der Waals surface area contributed by atoms with Gasteiger partial charge in [-0.25, -0.2) is 0 Å². The lowest BCUT2D eigenvalue weighted by atomic mass is 10.1. The van der Waals surface area contributed by atoms with Crippen LogP contribution in [0.2, 0.25) is 0 Å². The Morgan fingerprint density at radius 1 is 1.00 bits per heavy atom. The molecule has 0 bridgehead atoms. The first-order valence-electron chi connectivity index (χ1n) is 9.78. The second kappa shape index (κ2) is 7.50. The highest BCUT2D eigenvalue weighted by Gasteiger charge is 2.22. The number of nitrogens with one attached hydrogen (secondary N) is 1. The molecule has 1 saturated heterocycles. The van der Waals surface area contributed by atoms with Gasteiger partial charge in [-0.15, -0.1) is 0 Å². The van der Waals surface area contributed by atoms with Crippen LogP contribution in [0.25, 0.3) is 10.9 Å². The van der Waals surface area contributed by atoms with Crippen LogP contribution in [0, 0.1) is 13.8 Å². The molecule has 2 heterocycles. The summed E-state index contributed by atoms with van der Waals surface area (Å²) in [6, 6.07) is 15.7. The molecule has 2 aromatic carbocycles. The number of carbonyl (C=O) groups is 2. The summed E-state index contributed by atoms with van der Waals surface area (Å²) in [5, 5.41) is 4.12. The molecule has 0 spiro atoms. The van der Waals surface area contributed by atoms with E-state index in [4.69, 9.17) is 0 Å². The van der Waals surface area contributed by atoms with Gasteiger partial charge in [-0.1, -0.05) is 24.3 Å². The third-order valence-corrected chi connectivity index (χ3v) is 5.55. The lowest BCUT2D eigenvalue weighted by molar-refractivity contribution is -0.116. The number of hydrogen-bond donors (Lipinski definition) is 1. The van der Waals surface area contributed by atoms with Crippen LogP contribution in [-0.4, -0.2) is 34.4 Å². The smallest absolute Gasteiger partial charge is 0.254 e. The average Bonchev–Trinajstić information content (AvgIpc) is 3.32. The number of aromatic nitrogens is 1. The van der Waals surface area contributed by atoms with Crippen molar-refractivity contribution in [1.82, 2.24) is 9.47 Å². The Hall–Kier alpha value is -3.08. The van der Waals surface area contributed by atoms with Crippen molar-refractivity contribution >= 4 is 28.4 Å². The molecule has 0 atom stereocenters. The first-order chi connectivity index (χ1) is 13.5. The summed E-state index contributed by atoms with van der Waals surface area (Å²) in [6.07, 6.45) is 2.12. The number of fused-ring (bicyclic) bond motifs is 1. The van der Waals surface area contributed by atoms with Gasteiger partial charge in [-0.3, -0.25) is 9.59 Å². The topological polar surface area (TPSA) is 54.3 Å². The van der Waals surface area contributed by atoms with Gasteiger partial charge in [0.1, 0.15) is 6.54 Å². The van der Waals surface area contributed by atoms with Gasteiger partial charge in [-0.2, -0.15) is 0 Å². The fourth-order valence-electron chi connectivity index (χ4n) is 3.98. The van der Waals surface area contributed by atoms with Gasteiger partial charge >= 0.3 is 0 Å². The van der Waals surface area contributed by atoms with Gasteiger partial charge in [0.2, 0.25) is 5.91 Å². The molecule has 28 heavy (non-hydrogen) atoms. The molecule has 1 N–H and O–H groups in total. The van der Waals surface area contributed by atoms with Crippen LogP contribution >= 0.6 is 0 Å². The quantitative estimate of drug-likeness (QED) is 0.745. The number of amides is 2. The third kappa shape index (κ3) is 3.40. The minimum atomic E-state index is -0.0988. The summed E-state index contributed by atoms with van der Waals surface area (Å²) in [4.78, 5) is 27.4. The molecule has 1 aliphatic heterocycles. The maximum Gasteiger partial charge on any atom is 0.254 e. The van der Waals surface area contributed by atoms with Gasteiger partial charge in [0.15, 0.2) is 0 Å². The molecule has 5 nitrogen and oxygen atoms in total. The molecule has 1 aromatic heterocycles. The van der Waals surface area contributed by atoms with Crippen LogP contribution in [0.3, 0.4) is 0 Å².